The predicted molar refractivity (Wildman–Crippen MR) is 103 cm³/mol. The van der Waals surface area contributed by atoms with Crippen LogP contribution in [0.25, 0.3) is 11.3 Å². The van der Waals surface area contributed by atoms with Crippen LogP contribution in [0.1, 0.15) is 17.7 Å². The van der Waals surface area contributed by atoms with E-state index in [0.717, 1.165) is 12.1 Å². The van der Waals surface area contributed by atoms with Crippen molar-refractivity contribution in [2.75, 3.05) is 11.5 Å². The number of rotatable bonds is 4. The normalized spacial score (nSPS) is 19.0. The van der Waals surface area contributed by atoms with Crippen LogP contribution in [0.2, 0.25) is 0 Å². The average molecular weight is 431 g/mol. The van der Waals surface area contributed by atoms with E-state index in [4.69, 9.17) is 16.6 Å². The van der Waals surface area contributed by atoms with Crippen molar-refractivity contribution in [3.05, 3.63) is 47.7 Å². The quantitative estimate of drug-likeness (QED) is 0.440. The van der Waals surface area contributed by atoms with Crippen LogP contribution >= 0.6 is 12.2 Å². The van der Waals surface area contributed by atoms with Gasteiger partial charge in [-0.3, -0.25) is 5.43 Å². The zero-order valence-electron chi connectivity index (χ0n) is 14.4. The molecule has 2 aromatic rings. The molecule has 3 rings (SSSR count). The number of halogens is 3. The number of hydrogen-bond donors (Lipinski definition) is 2. The van der Waals surface area contributed by atoms with E-state index in [1.807, 2.05) is 0 Å². The van der Waals surface area contributed by atoms with Crippen LogP contribution in [0.3, 0.4) is 0 Å². The Labute approximate surface area is 164 Å². The van der Waals surface area contributed by atoms with Crippen LogP contribution in [0.4, 0.5) is 13.2 Å². The Hall–Kier alpha value is -2.40. The Morgan fingerprint density at radius 1 is 1.29 bits per heavy atom. The first-order chi connectivity index (χ1) is 13.1. The molecule has 1 fully saturated rings. The first-order valence-electron chi connectivity index (χ1n) is 8.20. The van der Waals surface area contributed by atoms with Gasteiger partial charge in [0.1, 0.15) is 11.5 Å². The smallest absolute Gasteiger partial charge is 0.416 e. The molecule has 0 amide bonds. The van der Waals surface area contributed by atoms with E-state index in [0.29, 0.717) is 17.7 Å². The van der Waals surface area contributed by atoms with Gasteiger partial charge in [0.25, 0.3) is 0 Å². The zero-order chi connectivity index (χ0) is 20.4. The molecule has 1 aromatic heterocycles. The minimum atomic E-state index is -4.43. The third kappa shape index (κ3) is 5.32. The summed E-state index contributed by atoms with van der Waals surface area (Å²) >= 11 is 5.04. The Morgan fingerprint density at radius 2 is 2.07 bits per heavy atom. The molecule has 1 aliphatic heterocycles. The van der Waals surface area contributed by atoms with Gasteiger partial charge in [-0.05, 0) is 42.9 Å². The second kappa shape index (κ2) is 7.92. The maximum absolute atomic E-state index is 12.8. The molecule has 2 N–H and O–H groups in total. The van der Waals surface area contributed by atoms with Crippen molar-refractivity contribution in [2.45, 2.75) is 18.6 Å². The molecule has 11 heteroatoms. The molecule has 1 unspecified atom stereocenters. The van der Waals surface area contributed by atoms with Crippen molar-refractivity contribution in [1.29, 1.82) is 0 Å². The summed E-state index contributed by atoms with van der Waals surface area (Å²) in [6.45, 7) is 0. The van der Waals surface area contributed by atoms with Crippen molar-refractivity contribution in [3.63, 3.8) is 0 Å². The van der Waals surface area contributed by atoms with Gasteiger partial charge in [0.15, 0.2) is 14.9 Å². The first kappa shape index (κ1) is 20.3. The van der Waals surface area contributed by atoms with Crippen molar-refractivity contribution < 1.29 is 26.0 Å². The summed E-state index contributed by atoms with van der Waals surface area (Å²) in [6.07, 6.45) is -2.64. The number of hydrazone groups is 1. The van der Waals surface area contributed by atoms with Gasteiger partial charge in [-0.25, -0.2) is 8.42 Å². The van der Waals surface area contributed by atoms with Crippen molar-refractivity contribution in [3.8, 4) is 11.3 Å². The summed E-state index contributed by atoms with van der Waals surface area (Å²) in [5, 5.41) is 6.91. The molecular formula is C17H16F3N3O3S2. The molecule has 1 aromatic carbocycles. The van der Waals surface area contributed by atoms with Crippen LogP contribution in [0, 0.1) is 0 Å². The van der Waals surface area contributed by atoms with Crippen LogP contribution in [-0.4, -0.2) is 37.3 Å². The standard InChI is InChI=1S/C17H16F3N3O3S2/c18-17(19,20)12-3-1-2-11(8-12)15-5-4-14(26-15)9-21-23-16(27)22-13-6-7-28(24,25)10-13/h1-5,8-9,13H,6-7,10H2,(H2,22,23,27)/b21-9+. The molecule has 150 valence electrons. The number of benzene rings is 1. The molecule has 0 radical (unpaired) electrons. The fourth-order valence-corrected chi connectivity index (χ4v) is 4.60. The van der Waals surface area contributed by atoms with E-state index < -0.39 is 21.6 Å². The monoisotopic (exact) mass is 431 g/mol. The lowest BCUT2D eigenvalue weighted by molar-refractivity contribution is -0.137. The second-order valence-corrected chi connectivity index (χ2v) is 8.86. The van der Waals surface area contributed by atoms with Crippen LogP contribution in [-0.2, 0) is 16.0 Å². The molecule has 0 spiro atoms. The van der Waals surface area contributed by atoms with Gasteiger partial charge in [0.2, 0.25) is 0 Å². The lowest BCUT2D eigenvalue weighted by atomic mass is 10.1. The van der Waals surface area contributed by atoms with Gasteiger partial charge < -0.3 is 9.73 Å². The molecule has 0 bridgehead atoms. The van der Waals surface area contributed by atoms with Crippen LogP contribution in [0.5, 0.6) is 0 Å². The molecule has 0 aliphatic carbocycles. The number of sulfone groups is 1. The lowest BCUT2D eigenvalue weighted by Crippen LogP contribution is -2.40. The number of nitrogens with zero attached hydrogens (tertiary/aromatic N) is 1. The Balaban J connectivity index is 1.58. The average Bonchev–Trinajstić information content (AvgIpc) is 3.20. The van der Waals surface area contributed by atoms with Gasteiger partial charge in [-0.1, -0.05) is 12.1 Å². The maximum atomic E-state index is 12.8. The van der Waals surface area contributed by atoms with Crippen molar-refractivity contribution in [1.82, 2.24) is 10.7 Å². The number of hydrogen-bond acceptors (Lipinski definition) is 5. The highest BCUT2D eigenvalue weighted by molar-refractivity contribution is 7.91. The van der Waals surface area contributed by atoms with Gasteiger partial charge in [-0.15, -0.1) is 0 Å². The minimum absolute atomic E-state index is 0.0249. The van der Waals surface area contributed by atoms with Gasteiger partial charge >= 0.3 is 6.18 Å². The molecule has 1 aliphatic rings. The van der Waals surface area contributed by atoms with Crippen molar-refractivity contribution in [2.24, 2.45) is 5.10 Å². The van der Waals surface area contributed by atoms with E-state index in [2.05, 4.69) is 15.8 Å². The summed E-state index contributed by atoms with van der Waals surface area (Å²) in [5.41, 5.74) is 2.08. The van der Waals surface area contributed by atoms with E-state index in [1.54, 1.807) is 6.07 Å². The van der Waals surface area contributed by atoms with E-state index in [-0.39, 0.29) is 28.4 Å². The van der Waals surface area contributed by atoms with Gasteiger partial charge in [0, 0.05) is 11.6 Å². The summed E-state index contributed by atoms with van der Waals surface area (Å²) < 4.78 is 66.7. The Morgan fingerprint density at radius 3 is 2.75 bits per heavy atom. The zero-order valence-corrected chi connectivity index (χ0v) is 16.0. The summed E-state index contributed by atoms with van der Waals surface area (Å²) in [4.78, 5) is 0. The Kier molecular flexibility index (Phi) is 5.75. The van der Waals surface area contributed by atoms with E-state index in [9.17, 15) is 21.6 Å². The fourth-order valence-electron chi connectivity index (χ4n) is 2.71. The largest absolute Gasteiger partial charge is 0.455 e. The highest BCUT2D eigenvalue weighted by atomic mass is 32.2. The second-order valence-electron chi connectivity index (χ2n) is 6.22. The maximum Gasteiger partial charge on any atom is 0.416 e. The third-order valence-corrected chi connectivity index (χ3v) is 6.00. The van der Waals surface area contributed by atoms with Gasteiger partial charge in [-0.2, -0.15) is 18.3 Å². The van der Waals surface area contributed by atoms with Crippen molar-refractivity contribution >= 4 is 33.4 Å². The fraction of sp³-hybridized carbons (Fsp3) is 0.294. The predicted octanol–water partition coefficient (Wildman–Crippen LogP) is 2.95. The molecule has 6 nitrogen and oxygen atoms in total. The molecule has 1 atom stereocenters. The number of nitrogens with one attached hydrogen (secondary N) is 2. The highest BCUT2D eigenvalue weighted by Gasteiger charge is 2.30. The molecule has 2 heterocycles. The summed E-state index contributed by atoms with van der Waals surface area (Å²) in [7, 11) is -3.01. The minimum Gasteiger partial charge on any atom is -0.455 e. The SMILES string of the molecule is O=S1(=O)CCC(NC(=S)N/N=C/c2ccc(-c3cccc(C(F)(F)F)c3)o2)C1. The topological polar surface area (TPSA) is 83.7 Å². The first-order valence-corrected chi connectivity index (χ1v) is 10.4. The Bertz CT molecular complexity index is 1000. The highest BCUT2D eigenvalue weighted by Crippen LogP contribution is 2.32. The van der Waals surface area contributed by atoms with Crippen LogP contribution < -0.4 is 10.7 Å². The number of thiocarbonyl (C=S) groups is 1. The van der Waals surface area contributed by atoms with Gasteiger partial charge in [0.05, 0.1) is 23.3 Å². The summed E-state index contributed by atoms with van der Waals surface area (Å²) in [6, 6.07) is 7.66. The lowest BCUT2D eigenvalue weighted by Gasteiger charge is -2.11. The molecular weight excluding hydrogens is 415 g/mol. The van der Waals surface area contributed by atoms with Crippen LogP contribution in [0.15, 0.2) is 45.9 Å². The number of alkyl halides is 3. The molecule has 28 heavy (non-hydrogen) atoms. The number of furan rings is 1. The molecule has 1 saturated heterocycles. The van der Waals surface area contributed by atoms with E-state index >= 15 is 0 Å². The third-order valence-electron chi connectivity index (χ3n) is 4.03. The molecule has 0 saturated carbocycles. The summed E-state index contributed by atoms with van der Waals surface area (Å²) in [5.74, 6) is 0.730. The van der Waals surface area contributed by atoms with E-state index in [1.165, 1.54) is 24.4 Å².